The zero-order valence-corrected chi connectivity index (χ0v) is 14.9. The van der Waals surface area contributed by atoms with Crippen molar-refractivity contribution in [2.45, 2.75) is 44.6 Å². The summed E-state index contributed by atoms with van der Waals surface area (Å²) in [5.74, 6) is 0. The lowest BCUT2D eigenvalue weighted by atomic mass is 10.1. The minimum Gasteiger partial charge on any atom is -0.372 e. The zero-order chi connectivity index (χ0) is 17.6. The van der Waals surface area contributed by atoms with Crippen molar-refractivity contribution in [3.8, 4) is 5.69 Å². The van der Waals surface area contributed by atoms with Gasteiger partial charge in [-0.1, -0.05) is 48.5 Å². The molecule has 1 fully saturated rings. The molecule has 0 unspecified atom stereocenters. The third-order valence-corrected chi connectivity index (χ3v) is 5.09. The first kappa shape index (κ1) is 17.0. The summed E-state index contributed by atoms with van der Waals surface area (Å²) in [7, 11) is 0. The van der Waals surface area contributed by atoms with Crippen molar-refractivity contribution >= 4 is 0 Å². The van der Waals surface area contributed by atoms with E-state index in [9.17, 15) is 0 Å². The van der Waals surface area contributed by atoms with Gasteiger partial charge in [0.05, 0.1) is 24.7 Å². The van der Waals surface area contributed by atoms with Crippen LogP contribution >= 0.6 is 0 Å². The van der Waals surface area contributed by atoms with Gasteiger partial charge >= 0.3 is 0 Å². The molecule has 2 atom stereocenters. The number of hydrogen-bond donors (Lipinski definition) is 1. The average molecular weight is 347 g/mol. The fraction of sp³-hybridized carbons (Fsp3) is 0.318. The van der Waals surface area contributed by atoms with E-state index in [1.807, 2.05) is 24.8 Å². The number of rotatable bonds is 7. The average Bonchev–Trinajstić information content (AvgIpc) is 3.38. The van der Waals surface area contributed by atoms with Gasteiger partial charge in [0, 0.05) is 25.0 Å². The van der Waals surface area contributed by atoms with Gasteiger partial charge in [-0.15, -0.1) is 0 Å². The molecule has 0 radical (unpaired) electrons. The normalized spacial score (nSPS) is 19.7. The largest absolute Gasteiger partial charge is 0.372 e. The highest BCUT2D eigenvalue weighted by Gasteiger charge is 2.27. The Morgan fingerprint density at radius 1 is 1.04 bits per heavy atom. The van der Waals surface area contributed by atoms with E-state index in [0.717, 1.165) is 13.0 Å². The van der Waals surface area contributed by atoms with E-state index in [-0.39, 0.29) is 6.10 Å². The maximum atomic E-state index is 6.21. The molecule has 1 aliphatic rings. The summed E-state index contributed by atoms with van der Waals surface area (Å²) < 4.78 is 8.28. The zero-order valence-electron chi connectivity index (χ0n) is 14.9. The number of ether oxygens (including phenoxy) is 1. The van der Waals surface area contributed by atoms with Crippen molar-refractivity contribution in [2.24, 2.45) is 0 Å². The first-order valence-corrected chi connectivity index (χ1v) is 9.35. The molecule has 0 aliphatic heterocycles. The predicted octanol–water partition coefficient (Wildman–Crippen LogP) is 4.10. The van der Waals surface area contributed by atoms with Crippen molar-refractivity contribution in [3.05, 3.63) is 84.4 Å². The van der Waals surface area contributed by atoms with E-state index in [1.165, 1.54) is 29.7 Å². The standard InChI is InChI=1S/C22H25N3O/c1-2-7-18(8-3-1)16-26-22-12-6-10-20(22)24-15-19-9-4-5-11-21(19)25-14-13-23-17-25/h1-5,7-9,11,13-14,17,20,22,24H,6,10,12,15-16H2/t20-,22-/m1/s1. The smallest absolute Gasteiger partial charge is 0.0991 e. The lowest BCUT2D eigenvalue weighted by Crippen LogP contribution is -2.37. The summed E-state index contributed by atoms with van der Waals surface area (Å²) >= 11 is 0. The van der Waals surface area contributed by atoms with E-state index < -0.39 is 0 Å². The number of hydrogen-bond acceptors (Lipinski definition) is 3. The fourth-order valence-electron chi connectivity index (χ4n) is 3.69. The summed E-state index contributed by atoms with van der Waals surface area (Å²) in [6.07, 6.45) is 9.46. The quantitative estimate of drug-likeness (QED) is 0.699. The van der Waals surface area contributed by atoms with Crippen LogP contribution in [0.1, 0.15) is 30.4 Å². The van der Waals surface area contributed by atoms with Crippen LogP contribution in [0, 0.1) is 0 Å². The predicted molar refractivity (Wildman–Crippen MR) is 103 cm³/mol. The van der Waals surface area contributed by atoms with Gasteiger partial charge in [-0.05, 0) is 36.5 Å². The van der Waals surface area contributed by atoms with Gasteiger partial charge in [0.25, 0.3) is 0 Å². The molecular formula is C22H25N3O. The molecule has 4 rings (SSSR count). The molecule has 1 heterocycles. The number of benzene rings is 2. The molecule has 1 aromatic heterocycles. The van der Waals surface area contributed by atoms with Crippen molar-refractivity contribution in [1.29, 1.82) is 0 Å². The second kappa shape index (κ2) is 8.30. The van der Waals surface area contributed by atoms with Crippen LogP contribution < -0.4 is 5.32 Å². The van der Waals surface area contributed by atoms with Gasteiger partial charge in [-0.2, -0.15) is 0 Å². The van der Waals surface area contributed by atoms with Crippen LogP contribution in [0.15, 0.2) is 73.3 Å². The SMILES string of the molecule is c1ccc(CO[C@@H]2CCC[C@H]2NCc2ccccc2-n2ccnc2)cc1. The number of para-hydroxylation sites is 1. The molecule has 1 N–H and O–H groups in total. The topological polar surface area (TPSA) is 39.1 Å². The second-order valence-corrected chi connectivity index (χ2v) is 6.85. The van der Waals surface area contributed by atoms with Gasteiger partial charge in [0.15, 0.2) is 0 Å². The molecule has 0 spiro atoms. The highest BCUT2D eigenvalue weighted by molar-refractivity contribution is 5.40. The Hall–Kier alpha value is -2.43. The molecule has 0 amide bonds. The first-order chi connectivity index (χ1) is 12.9. The van der Waals surface area contributed by atoms with Crippen molar-refractivity contribution in [3.63, 3.8) is 0 Å². The van der Waals surface area contributed by atoms with E-state index in [0.29, 0.717) is 12.6 Å². The van der Waals surface area contributed by atoms with Crippen LogP contribution in [-0.2, 0) is 17.9 Å². The van der Waals surface area contributed by atoms with E-state index in [1.54, 1.807) is 0 Å². The van der Waals surface area contributed by atoms with E-state index >= 15 is 0 Å². The summed E-state index contributed by atoms with van der Waals surface area (Å²) in [5.41, 5.74) is 3.69. The van der Waals surface area contributed by atoms with Crippen LogP contribution in [-0.4, -0.2) is 21.7 Å². The molecular weight excluding hydrogens is 322 g/mol. The maximum absolute atomic E-state index is 6.21. The lowest BCUT2D eigenvalue weighted by molar-refractivity contribution is 0.0275. The van der Waals surface area contributed by atoms with Crippen LogP contribution in [0.25, 0.3) is 5.69 Å². The Balaban J connectivity index is 1.37. The molecule has 1 aliphatic carbocycles. The molecule has 1 saturated carbocycles. The molecule has 26 heavy (non-hydrogen) atoms. The minimum absolute atomic E-state index is 0.288. The Bertz CT molecular complexity index is 801. The Labute approximate surface area is 154 Å². The van der Waals surface area contributed by atoms with Gasteiger partial charge in [-0.3, -0.25) is 0 Å². The van der Waals surface area contributed by atoms with Crippen LogP contribution in [0.2, 0.25) is 0 Å². The van der Waals surface area contributed by atoms with Gasteiger partial charge < -0.3 is 14.6 Å². The molecule has 134 valence electrons. The van der Waals surface area contributed by atoms with Crippen molar-refractivity contribution in [1.82, 2.24) is 14.9 Å². The highest BCUT2D eigenvalue weighted by Crippen LogP contribution is 2.24. The Kier molecular flexibility index (Phi) is 5.43. The van der Waals surface area contributed by atoms with Gasteiger partial charge in [0.1, 0.15) is 0 Å². The fourth-order valence-corrected chi connectivity index (χ4v) is 3.69. The number of aromatic nitrogens is 2. The monoisotopic (exact) mass is 347 g/mol. The number of nitrogens with one attached hydrogen (secondary N) is 1. The molecule has 3 aromatic rings. The third kappa shape index (κ3) is 4.03. The summed E-state index contributed by atoms with van der Waals surface area (Å²) in [6.45, 7) is 1.53. The molecule has 0 bridgehead atoms. The maximum Gasteiger partial charge on any atom is 0.0991 e. The summed E-state index contributed by atoms with van der Waals surface area (Å²) in [5, 5.41) is 3.73. The first-order valence-electron chi connectivity index (χ1n) is 9.35. The van der Waals surface area contributed by atoms with Gasteiger partial charge in [-0.25, -0.2) is 4.98 Å². The molecule has 2 aromatic carbocycles. The third-order valence-electron chi connectivity index (χ3n) is 5.09. The van der Waals surface area contributed by atoms with Crippen LogP contribution in [0.5, 0.6) is 0 Å². The number of nitrogens with zero attached hydrogens (tertiary/aromatic N) is 2. The summed E-state index contributed by atoms with van der Waals surface area (Å²) in [4.78, 5) is 4.16. The van der Waals surface area contributed by atoms with Crippen LogP contribution in [0.3, 0.4) is 0 Å². The Morgan fingerprint density at radius 2 is 1.88 bits per heavy atom. The molecule has 0 saturated heterocycles. The lowest BCUT2D eigenvalue weighted by Gasteiger charge is -2.22. The molecule has 4 nitrogen and oxygen atoms in total. The minimum atomic E-state index is 0.288. The second-order valence-electron chi connectivity index (χ2n) is 6.85. The summed E-state index contributed by atoms with van der Waals surface area (Å²) in [6, 6.07) is 19.3. The van der Waals surface area contributed by atoms with Crippen molar-refractivity contribution < 1.29 is 4.74 Å². The Morgan fingerprint density at radius 3 is 2.73 bits per heavy atom. The van der Waals surface area contributed by atoms with E-state index in [4.69, 9.17) is 4.74 Å². The number of imidazole rings is 1. The van der Waals surface area contributed by atoms with E-state index in [2.05, 4.69) is 63.4 Å². The molecule has 4 heteroatoms. The highest BCUT2D eigenvalue weighted by atomic mass is 16.5. The van der Waals surface area contributed by atoms with Crippen LogP contribution in [0.4, 0.5) is 0 Å². The van der Waals surface area contributed by atoms with Gasteiger partial charge in [0.2, 0.25) is 0 Å². The van der Waals surface area contributed by atoms with Crippen molar-refractivity contribution in [2.75, 3.05) is 0 Å².